The van der Waals surface area contributed by atoms with E-state index in [4.69, 9.17) is 1.37 Å². The van der Waals surface area contributed by atoms with Gasteiger partial charge in [0, 0.05) is 6.42 Å². The molecule has 0 radical (unpaired) electrons. The Morgan fingerprint density at radius 3 is 3.08 bits per heavy atom. The van der Waals surface area contributed by atoms with Crippen LogP contribution in [-0.4, -0.2) is 5.78 Å². The summed E-state index contributed by atoms with van der Waals surface area (Å²) in [6.45, 7) is 2.22. The molecule has 0 aromatic carbocycles. The maximum absolute atomic E-state index is 11.3. The molecule has 2 rings (SSSR count). The lowest BCUT2D eigenvalue weighted by molar-refractivity contribution is -0.115. The second kappa shape index (κ2) is 2.72. The molecule has 1 atom stereocenters. The molecule has 2 aliphatic rings. The monoisotopic (exact) mass is 166 g/mol. The summed E-state index contributed by atoms with van der Waals surface area (Å²) in [6.07, 6.45) is 6.17. The summed E-state index contributed by atoms with van der Waals surface area (Å²) in [6, 6.07) is 0.341. The number of fused-ring (bicyclic) bond motifs is 1. The maximum Gasteiger partial charge on any atom is 0.155 e. The summed E-state index contributed by atoms with van der Waals surface area (Å²) < 4.78 is 7.76. The van der Waals surface area contributed by atoms with Crippen LogP contribution < -0.4 is 0 Å². The lowest BCUT2D eigenvalue weighted by Crippen LogP contribution is -2.28. The first-order valence-corrected chi connectivity index (χ1v) is 4.87. The molecule has 1 saturated carbocycles. The second-order valence-corrected chi connectivity index (χ2v) is 4.29. The number of hydrogen-bond donors (Lipinski definition) is 0. The molecule has 0 bridgehead atoms. The zero-order chi connectivity index (χ0) is 9.47. The average Bonchev–Trinajstić information content (AvgIpc) is 2.12. The highest BCUT2D eigenvalue weighted by molar-refractivity contribution is 5.91. The van der Waals surface area contributed by atoms with Crippen LogP contribution in [-0.2, 0) is 4.79 Å². The molecule has 0 saturated heterocycles. The molecular formula is C11H16O. The molecule has 0 unspecified atom stereocenters. The Morgan fingerprint density at radius 2 is 2.25 bits per heavy atom. The molecule has 66 valence electrons. The van der Waals surface area contributed by atoms with Crippen molar-refractivity contribution in [3.63, 3.8) is 0 Å². The summed E-state index contributed by atoms with van der Waals surface area (Å²) in [5, 5.41) is 0. The van der Waals surface area contributed by atoms with E-state index in [9.17, 15) is 4.79 Å². The van der Waals surface area contributed by atoms with Crippen LogP contribution in [0.3, 0.4) is 0 Å². The van der Waals surface area contributed by atoms with Crippen molar-refractivity contribution >= 4 is 5.78 Å². The molecular weight excluding hydrogens is 148 g/mol. The molecule has 0 aromatic heterocycles. The summed E-state index contributed by atoms with van der Waals surface area (Å²) in [4.78, 5) is 11.3. The zero-order valence-electron chi connectivity index (χ0n) is 8.65. The Labute approximate surface area is 75.3 Å². The highest BCUT2D eigenvalue weighted by Crippen LogP contribution is 2.46. The largest absolute Gasteiger partial charge is 0.295 e. The lowest BCUT2D eigenvalue weighted by Gasteiger charge is -2.38. The quantitative estimate of drug-likeness (QED) is 0.541. The molecule has 0 aromatic rings. The van der Waals surface area contributed by atoms with E-state index in [1.807, 2.05) is 0 Å². The van der Waals surface area contributed by atoms with Crippen molar-refractivity contribution < 1.29 is 6.17 Å². The van der Waals surface area contributed by atoms with Crippen LogP contribution in [0.25, 0.3) is 0 Å². The molecule has 1 nitrogen and oxygen atoms in total. The third-order valence-electron chi connectivity index (χ3n) is 3.33. The van der Waals surface area contributed by atoms with Gasteiger partial charge in [-0.15, -0.1) is 0 Å². The number of carbonyl (C=O) groups is 1. The van der Waals surface area contributed by atoms with Gasteiger partial charge in [0.05, 0.1) is 1.37 Å². The summed E-state index contributed by atoms with van der Waals surface area (Å²) in [5.41, 5.74) is 1.35. The fraction of sp³-hybridized carbons (Fsp3) is 0.727. The van der Waals surface area contributed by atoms with Crippen LogP contribution >= 0.6 is 0 Å². The van der Waals surface area contributed by atoms with Crippen LogP contribution in [0.1, 0.15) is 46.8 Å². The van der Waals surface area contributed by atoms with Gasteiger partial charge >= 0.3 is 0 Å². The van der Waals surface area contributed by atoms with Gasteiger partial charge in [0.15, 0.2) is 5.78 Å². The third-order valence-corrected chi connectivity index (χ3v) is 3.33. The topological polar surface area (TPSA) is 17.1 Å². The number of rotatable bonds is 0. The molecule has 0 heterocycles. The molecule has 2 aliphatic carbocycles. The van der Waals surface area contributed by atoms with Gasteiger partial charge in [-0.2, -0.15) is 0 Å². The Hall–Kier alpha value is -0.590. The standard InChI is InChI=1S/C11H16O/c1-11-6-3-2-4-9(11)8-10(12)5-7-11/h8H,2-7H2,1H3/t11-/m1/s1/i8T. The van der Waals surface area contributed by atoms with Crippen molar-refractivity contribution in [1.29, 1.82) is 0 Å². The third kappa shape index (κ3) is 1.21. The van der Waals surface area contributed by atoms with Gasteiger partial charge in [0.2, 0.25) is 0 Å². The molecule has 1 fully saturated rings. The smallest absolute Gasteiger partial charge is 0.155 e. The Balaban J connectivity index is 2.40. The first kappa shape index (κ1) is 6.88. The van der Waals surface area contributed by atoms with Gasteiger partial charge in [-0.3, -0.25) is 4.79 Å². The Bertz CT molecular complexity index is 280. The van der Waals surface area contributed by atoms with Crippen molar-refractivity contribution in [2.75, 3.05) is 0 Å². The molecule has 0 spiro atoms. The number of ketones is 1. The van der Waals surface area contributed by atoms with Gasteiger partial charge in [0.1, 0.15) is 0 Å². The highest BCUT2D eigenvalue weighted by atomic mass is 16.1. The van der Waals surface area contributed by atoms with E-state index in [0.29, 0.717) is 12.5 Å². The summed E-state index contributed by atoms with van der Waals surface area (Å²) in [7, 11) is 0. The lowest BCUT2D eigenvalue weighted by atomic mass is 9.66. The first-order chi connectivity index (χ1) is 6.13. The predicted molar refractivity (Wildman–Crippen MR) is 48.9 cm³/mol. The minimum Gasteiger partial charge on any atom is -0.295 e. The minimum absolute atomic E-state index is 0.0642. The normalized spacial score (nSPS) is 37.8. The summed E-state index contributed by atoms with van der Waals surface area (Å²) >= 11 is 0. The van der Waals surface area contributed by atoms with Crippen LogP contribution in [0.5, 0.6) is 0 Å². The van der Waals surface area contributed by atoms with E-state index in [1.165, 1.54) is 19.3 Å². The Morgan fingerprint density at radius 1 is 1.42 bits per heavy atom. The second-order valence-electron chi connectivity index (χ2n) is 4.29. The van der Waals surface area contributed by atoms with E-state index >= 15 is 0 Å². The van der Waals surface area contributed by atoms with Gasteiger partial charge in [-0.25, -0.2) is 0 Å². The van der Waals surface area contributed by atoms with Gasteiger partial charge in [-0.1, -0.05) is 18.9 Å². The minimum atomic E-state index is 0.0642. The highest BCUT2D eigenvalue weighted by Gasteiger charge is 2.34. The van der Waals surface area contributed by atoms with E-state index in [0.717, 1.165) is 18.4 Å². The number of carbonyl (C=O) groups excluding carboxylic acids is 1. The zero-order valence-corrected chi connectivity index (χ0v) is 7.65. The molecule has 12 heavy (non-hydrogen) atoms. The van der Waals surface area contributed by atoms with Crippen LogP contribution in [0.4, 0.5) is 0 Å². The first-order valence-electron chi connectivity index (χ1n) is 5.37. The van der Waals surface area contributed by atoms with E-state index in [2.05, 4.69) is 6.92 Å². The maximum atomic E-state index is 11.3. The van der Waals surface area contributed by atoms with Crippen molar-refractivity contribution in [3.05, 3.63) is 11.6 Å². The van der Waals surface area contributed by atoms with Crippen molar-refractivity contribution in [1.82, 2.24) is 0 Å². The van der Waals surface area contributed by atoms with Crippen LogP contribution in [0.15, 0.2) is 11.6 Å². The number of hydrogen-bond acceptors (Lipinski definition) is 1. The molecule has 0 N–H and O–H groups in total. The van der Waals surface area contributed by atoms with Crippen molar-refractivity contribution in [2.24, 2.45) is 5.41 Å². The van der Waals surface area contributed by atoms with Gasteiger partial charge in [-0.05, 0) is 37.2 Å². The van der Waals surface area contributed by atoms with E-state index in [-0.39, 0.29) is 11.2 Å². The SMILES string of the molecule is [3H]C1=C2CCCC[C@]2(C)CCC1=O. The van der Waals surface area contributed by atoms with E-state index < -0.39 is 0 Å². The predicted octanol–water partition coefficient (Wildman–Crippen LogP) is 2.86. The van der Waals surface area contributed by atoms with Crippen LogP contribution in [0.2, 0.25) is 0 Å². The fourth-order valence-corrected chi connectivity index (χ4v) is 2.38. The summed E-state index contributed by atoms with van der Waals surface area (Å²) in [5.74, 6) is 0.0642. The average molecular weight is 166 g/mol. The Kier molecular flexibility index (Phi) is 1.56. The van der Waals surface area contributed by atoms with Gasteiger partial charge in [0.25, 0.3) is 0 Å². The van der Waals surface area contributed by atoms with Gasteiger partial charge < -0.3 is 0 Å². The number of allylic oxidation sites excluding steroid dienone is 2. The van der Waals surface area contributed by atoms with E-state index in [1.54, 1.807) is 0 Å². The van der Waals surface area contributed by atoms with Crippen molar-refractivity contribution in [3.8, 4) is 0 Å². The van der Waals surface area contributed by atoms with Crippen molar-refractivity contribution in [2.45, 2.75) is 45.4 Å². The molecule has 0 aliphatic heterocycles. The molecule has 1 heteroatoms. The van der Waals surface area contributed by atoms with Crippen LogP contribution in [0, 0.1) is 5.41 Å². The molecule has 0 amide bonds. The fourth-order valence-electron chi connectivity index (χ4n) is 2.38.